The maximum Gasteiger partial charge on any atom is 0.418 e. The molecule has 43 heavy (non-hydrogen) atoms. The molecule has 0 atom stereocenters. The molecule has 1 amide bonds. The van der Waals surface area contributed by atoms with E-state index in [9.17, 15) is 22.8 Å². The standard InChI is InChI=1S/C31H19F4N5O2S/c1-17-14-26(41)40(25-9-5-4-8-22(25)31(33,34)35)39-27(17)30(42)38-18-10-11-20(23(32)15-18)19-6-2-3-7-21(19)28-29-24(12-13-43-29)36-16-37-28/h2-16H,1H3,(H,38,42). The van der Waals surface area contributed by atoms with Crippen LogP contribution in [0.2, 0.25) is 0 Å². The Labute approximate surface area is 245 Å². The number of benzene rings is 3. The van der Waals surface area contributed by atoms with Crippen molar-refractivity contribution in [1.82, 2.24) is 19.7 Å². The molecule has 0 saturated carbocycles. The summed E-state index contributed by atoms with van der Waals surface area (Å²) in [7, 11) is 0. The number of thiophene rings is 1. The van der Waals surface area contributed by atoms with Crippen molar-refractivity contribution >= 4 is 33.1 Å². The second-order valence-corrected chi connectivity index (χ2v) is 10.4. The van der Waals surface area contributed by atoms with Crippen LogP contribution in [0.4, 0.5) is 23.2 Å². The van der Waals surface area contributed by atoms with Gasteiger partial charge in [-0.3, -0.25) is 9.59 Å². The van der Waals surface area contributed by atoms with E-state index in [1.807, 2.05) is 23.6 Å². The average molecular weight is 602 g/mol. The monoisotopic (exact) mass is 601 g/mol. The molecular weight excluding hydrogens is 582 g/mol. The van der Waals surface area contributed by atoms with Crippen molar-refractivity contribution in [1.29, 1.82) is 0 Å². The number of aryl methyl sites for hydroxylation is 1. The first-order valence-electron chi connectivity index (χ1n) is 12.8. The highest BCUT2D eigenvalue weighted by molar-refractivity contribution is 7.17. The van der Waals surface area contributed by atoms with Crippen molar-refractivity contribution in [3.8, 4) is 28.1 Å². The van der Waals surface area contributed by atoms with Crippen molar-refractivity contribution in [2.45, 2.75) is 13.1 Å². The third-order valence-corrected chi connectivity index (χ3v) is 7.63. The summed E-state index contributed by atoms with van der Waals surface area (Å²) in [5.74, 6) is -1.46. The minimum absolute atomic E-state index is 0.0843. The molecule has 0 aliphatic heterocycles. The van der Waals surface area contributed by atoms with Gasteiger partial charge >= 0.3 is 6.18 Å². The molecule has 3 heterocycles. The summed E-state index contributed by atoms with van der Waals surface area (Å²) in [4.78, 5) is 34.5. The Morgan fingerprint density at radius 1 is 0.907 bits per heavy atom. The SMILES string of the molecule is Cc1cc(=O)n(-c2ccccc2C(F)(F)F)nc1C(=O)Nc1ccc(-c2ccccc2-c2ncnc3ccsc23)c(F)c1. The molecule has 0 fully saturated rings. The molecule has 0 unspecified atom stereocenters. The maximum absolute atomic E-state index is 15.6. The van der Waals surface area contributed by atoms with Crippen LogP contribution in [0.1, 0.15) is 21.6 Å². The smallest absolute Gasteiger partial charge is 0.320 e. The van der Waals surface area contributed by atoms with Gasteiger partial charge in [0.1, 0.15) is 12.1 Å². The van der Waals surface area contributed by atoms with Crippen LogP contribution in [0.5, 0.6) is 0 Å². The van der Waals surface area contributed by atoms with E-state index in [0.29, 0.717) is 21.5 Å². The number of carbonyl (C=O) groups is 1. The van der Waals surface area contributed by atoms with Gasteiger partial charge in [-0.25, -0.2) is 14.4 Å². The van der Waals surface area contributed by atoms with Crippen LogP contribution in [-0.2, 0) is 6.18 Å². The predicted octanol–water partition coefficient (Wildman–Crippen LogP) is 7.29. The van der Waals surface area contributed by atoms with Crippen LogP contribution >= 0.6 is 11.3 Å². The van der Waals surface area contributed by atoms with E-state index in [2.05, 4.69) is 20.4 Å². The molecule has 0 bridgehead atoms. The number of carbonyl (C=O) groups excluding carboxylic acids is 1. The van der Waals surface area contributed by atoms with Crippen molar-refractivity contribution in [3.05, 3.63) is 124 Å². The fourth-order valence-corrected chi connectivity index (χ4v) is 5.59. The molecule has 3 aromatic heterocycles. The molecule has 0 aliphatic rings. The number of fused-ring (bicyclic) bond motifs is 1. The van der Waals surface area contributed by atoms with Crippen LogP contribution < -0.4 is 10.9 Å². The molecule has 12 heteroatoms. The van der Waals surface area contributed by atoms with Gasteiger partial charge in [-0.05, 0) is 59.8 Å². The third kappa shape index (κ3) is 5.28. The summed E-state index contributed by atoms with van der Waals surface area (Å²) in [6, 6.07) is 18.7. The highest BCUT2D eigenvalue weighted by Crippen LogP contribution is 2.38. The molecule has 6 rings (SSSR count). The van der Waals surface area contributed by atoms with Crippen molar-refractivity contribution in [2.75, 3.05) is 5.32 Å². The van der Waals surface area contributed by atoms with Gasteiger partial charge in [0.25, 0.3) is 11.5 Å². The summed E-state index contributed by atoms with van der Waals surface area (Å²) >= 11 is 1.48. The number of aromatic nitrogens is 4. The quantitative estimate of drug-likeness (QED) is 0.210. The first kappa shape index (κ1) is 27.9. The highest BCUT2D eigenvalue weighted by Gasteiger charge is 2.34. The number of anilines is 1. The number of alkyl halides is 3. The maximum atomic E-state index is 15.6. The van der Waals surface area contributed by atoms with Crippen molar-refractivity contribution < 1.29 is 22.4 Å². The Morgan fingerprint density at radius 2 is 1.65 bits per heavy atom. The minimum atomic E-state index is -4.76. The van der Waals surface area contributed by atoms with E-state index in [-0.39, 0.29) is 22.5 Å². The number of nitrogens with one attached hydrogen (secondary N) is 1. The highest BCUT2D eigenvalue weighted by atomic mass is 32.1. The van der Waals surface area contributed by atoms with Crippen LogP contribution in [-0.4, -0.2) is 25.7 Å². The normalized spacial score (nSPS) is 11.6. The van der Waals surface area contributed by atoms with E-state index in [4.69, 9.17) is 0 Å². The first-order chi connectivity index (χ1) is 20.6. The Morgan fingerprint density at radius 3 is 2.42 bits per heavy atom. The Hall–Kier alpha value is -5.23. The zero-order chi connectivity index (χ0) is 30.3. The fourth-order valence-electron chi connectivity index (χ4n) is 4.74. The van der Waals surface area contributed by atoms with E-state index in [1.54, 1.807) is 12.1 Å². The van der Waals surface area contributed by atoms with Gasteiger partial charge in [-0.1, -0.05) is 36.4 Å². The summed E-state index contributed by atoms with van der Waals surface area (Å²) < 4.78 is 57.7. The summed E-state index contributed by atoms with van der Waals surface area (Å²) in [5, 5.41) is 8.39. The fraction of sp³-hybridized carbons (Fsp3) is 0.0645. The van der Waals surface area contributed by atoms with Gasteiger partial charge in [0, 0.05) is 22.9 Å². The van der Waals surface area contributed by atoms with Crippen LogP contribution in [0.25, 0.3) is 38.3 Å². The molecular formula is C31H19F4N5O2S. The van der Waals surface area contributed by atoms with Gasteiger partial charge < -0.3 is 5.32 Å². The van der Waals surface area contributed by atoms with Gasteiger partial charge in [0.2, 0.25) is 0 Å². The lowest BCUT2D eigenvalue weighted by atomic mass is 9.96. The van der Waals surface area contributed by atoms with Gasteiger partial charge in [0.15, 0.2) is 5.69 Å². The number of halogens is 4. The van der Waals surface area contributed by atoms with E-state index in [0.717, 1.165) is 34.5 Å². The largest absolute Gasteiger partial charge is 0.418 e. The van der Waals surface area contributed by atoms with E-state index < -0.39 is 34.7 Å². The molecule has 0 spiro atoms. The number of hydrogen-bond acceptors (Lipinski definition) is 6. The summed E-state index contributed by atoms with van der Waals surface area (Å²) in [6.07, 6.45) is -3.30. The molecule has 6 aromatic rings. The molecule has 214 valence electrons. The summed E-state index contributed by atoms with van der Waals surface area (Å²) in [5.41, 5.74) is 0.471. The van der Waals surface area contributed by atoms with E-state index >= 15 is 4.39 Å². The van der Waals surface area contributed by atoms with Gasteiger partial charge in [-0.15, -0.1) is 11.3 Å². The number of rotatable bonds is 5. The molecule has 0 saturated heterocycles. The predicted molar refractivity (Wildman–Crippen MR) is 156 cm³/mol. The second kappa shape index (κ2) is 10.9. The van der Waals surface area contributed by atoms with Crippen LogP contribution in [0.3, 0.4) is 0 Å². The average Bonchev–Trinajstić information content (AvgIpc) is 3.46. The van der Waals surface area contributed by atoms with E-state index in [1.165, 1.54) is 48.9 Å². The van der Waals surface area contributed by atoms with Crippen molar-refractivity contribution in [2.24, 2.45) is 0 Å². The third-order valence-electron chi connectivity index (χ3n) is 6.72. The summed E-state index contributed by atoms with van der Waals surface area (Å²) in [6.45, 7) is 1.43. The zero-order valence-electron chi connectivity index (χ0n) is 22.2. The van der Waals surface area contributed by atoms with Gasteiger partial charge in [0.05, 0.1) is 27.2 Å². The lowest BCUT2D eigenvalue weighted by Crippen LogP contribution is -2.28. The number of hydrogen-bond donors (Lipinski definition) is 1. The number of para-hydroxylation sites is 1. The molecule has 7 nitrogen and oxygen atoms in total. The first-order valence-corrected chi connectivity index (χ1v) is 13.7. The number of nitrogens with zero attached hydrogens (tertiary/aromatic N) is 4. The lowest BCUT2D eigenvalue weighted by Gasteiger charge is -2.15. The topological polar surface area (TPSA) is 89.8 Å². The van der Waals surface area contributed by atoms with Crippen LogP contribution in [0.15, 0.2) is 95.4 Å². The Balaban J connectivity index is 1.33. The molecule has 0 aliphatic carbocycles. The van der Waals surface area contributed by atoms with Gasteiger partial charge in [-0.2, -0.15) is 23.0 Å². The lowest BCUT2D eigenvalue weighted by molar-refractivity contribution is -0.137. The Kier molecular flexibility index (Phi) is 7.06. The second-order valence-electron chi connectivity index (χ2n) is 9.49. The van der Waals surface area contributed by atoms with Crippen molar-refractivity contribution in [3.63, 3.8) is 0 Å². The molecule has 3 aromatic carbocycles. The van der Waals surface area contributed by atoms with Crippen LogP contribution in [0, 0.1) is 12.7 Å². The zero-order valence-corrected chi connectivity index (χ0v) is 23.0. The molecule has 1 N–H and O–H groups in total. The molecule has 0 radical (unpaired) electrons. The Bertz CT molecular complexity index is 2090. The minimum Gasteiger partial charge on any atom is -0.320 e. The number of amides is 1.